The van der Waals surface area contributed by atoms with Crippen LogP contribution in [0.3, 0.4) is 0 Å². The molecule has 2 aliphatic heterocycles. The molecule has 0 aliphatic carbocycles. The van der Waals surface area contributed by atoms with E-state index in [2.05, 4.69) is 40.1 Å². The van der Waals surface area contributed by atoms with Gasteiger partial charge in [-0.1, -0.05) is 78.9 Å². The summed E-state index contributed by atoms with van der Waals surface area (Å²) in [6.45, 7) is 9.83. The summed E-state index contributed by atoms with van der Waals surface area (Å²) >= 11 is 0. The average Bonchev–Trinajstić information content (AvgIpc) is 2.98. The van der Waals surface area contributed by atoms with Crippen LogP contribution in [0.25, 0.3) is 10.9 Å². The molecular formula is C33H29N3O. The van der Waals surface area contributed by atoms with E-state index in [0.717, 1.165) is 29.8 Å². The van der Waals surface area contributed by atoms with Crippen LogP contribution in [0, 0.1) is 17.9 Å². The maximum Gasteiger partial charge on any atom is 0.265 e. The number of allylic oxidation sites excluding steroid dienone is 3. The molecule has 0 bridgehead atoms. The summed E-state index contributed by atoms with van der Waals surface area (Å²) in [5.41, 5.74) is 4.21. The van der Waals surface area contributed by atoms with Crippen molar-refractivity contribution >= 4 is 11.8 Å². The highest BCUT2D eigenvalue weighted by molar-refractivity contribution is 5.59. The first-order valence-electron chi connectivity index (χ1n) is 12.8. The second kappa shape index (κ2) is 11.0. The highest BCUT2D eigenvalue weighted by Gasteiger charge is 2.40. The quantitative estimate of drug-likeness (QED) is 0.277. The van der Waals surface area contributed by atoms with Crippen LogP contribution in [0.1, 0.15) is 42.4 Å². The fraction of sp³-hybridized carbons (Fsp3) is 0.212. The number of hydrogen-bond acceptors (Lipinski definition) is 3. The molecule has 4 heteroatoms. The smallest absolute Gasteiger partial charge is 0.265 e. The lowest BCUT2D eigenvalue weighted by atomic mass is 9.79. The molecule has 0 amide bonds. The molecule has 1 saturated heterocycles. The molecule has 0 aromatic heterocycles. The summed E-state index contributed by atoms with van der Waals surface area (Å²) < 4.78 is 6.78. The van der Waals surface area contributed by atoms with E-state index in [1.54, 1.807) is 0 Å². The Morgan fingerprint density at radius 3 is 2.05 bits per heavy atom. The number of piperidine rings is 1. The standard InChI is InChI=1S/C33H29N3O/c1-35-32(25-34)27-23-31(20-17-26-15-18-30(19-16-26)36-21-9-4-10-22-36)37-33(24-27,28-11-5-2-6-12-28)29-13-7-3-8-14-29/h2-3,5-8,11-20,23H,4,9-10,21-22,24H2/b20-17+,32-27+. The zero-order valence-corrected chi connectivity index (χ0v) is 20.8. The van der Waals surface area contributed by atoms with Crippen LogP contribution >= 0.6 is 0 Å². The molecule has 37 heavy (non-hydrogen) atoms. The summed E-state index contributed by atoms with van der Waals surface area (Å²) in [6.07, 6.45) is 10.0. The van der Waals surface area contributed by atoms with Gasteiger partial charge in [0.1, 0.15) is 5.76 Å². The molecule has 3 aromatic rings. The monoisotopic (exact) mass is 483 g/mol. The van der Waals surface area contributed by atoms with E-state index in [4.69, 9.17) is 11.3 Å². The number of nitriles is 1. The second-order valence-corrected chi connectivity index (χ2v) is 9.45. The molecular weight excluding hydrogens is 454 g/mol. The minimum atomic E-state index is -0.850. The molecule has 0 spiro atoms. The lowest BCUT2D eigenvalue weighted by Crippen LogP contribution is -2.34. The molecule has 0 atom stereocenters. The Hall–Kier alpha value is -4.54. The van der Waals surface area contributed by atoms with E-state index in [1.165, 1.54) is 24.9 Å². The second-order valence-electron chi connectivity index (χ2n) is 9.45. The third kappa shape index (κ3) is 5.20. The normalized spacial score (nSPS) is 18.3. The van der Waals surface area contributed by atoms with Crippen molar-refractivity contribution in [2.24, 2.45) is 0 Å². The van der Waals surface area contributed by atoms with Crippen LogP contribution < -0.4 is 4.90 Å². The van der Waals surface area contributed by atoms with Crippen molar-refractivity contribution in [3.05, 3.63) is 142 Å². The molecule has 4 nitrogen and oxygen atoms in total. The summed E-state index contributed by atoms with van der Waals surface area (Å²) in [7, 11) is 0. The first-order valence-corrected chi connectivity index (χ1v) is 12.8. The average molecular weight is 484 g/mol. The third-order valence-electron chi connectivity index (χ3n) is 7.10. The molecule has 0 radical (unpaired) electrons. The topological polar surface area (TPSA) is 40.6 Å². The van der Waals surface area contributed by atoms with Gasteiger partial charge in [-0.25, -0.2) is 10.1 Å². The Labute approximate surface area is 219 Å². The molecule has 5 rings (SSSR count). The minimum Gasteiger partial charge on any atom is -0.478 e. The van der Waals surface area contributed by atoms with E-state index in [1.807, 2.05) is 78.9 Å². The number of rotatable bonds is 5. The number of nitrogens with zero attached hydrogens (tertiary/aromatic N) is 3. The van der Waals surface area contributed by atoms with Crippen molar-refractivity contribution in [1.29, 1.82) is 5.26 Å². The van der Waals surface area contributed by atoms with Crippen molar-refractivity contribution in [3.8, 4) is 6.07 Å². The van der Waals surface area contributed by atoms with Crippen LogP contribution in [0.4, 0.5) is 5.69 Å². The van der Waals surface area contributed by atoms with Gasteiger partial charge < -0.3 is 9.64 Å². The number of ether oxygens (including phenoxy) is 1. The van der Waals surface area contributed by atoms with Crippen LogP contribution in [-0.2, 0) is 10.3 Å². The molecule has 0 saturated carbocycles. The summed E-state index contributed by atoms with van der Waals surface area (Å²) in [6, 6.07) is 30.8. The van der Waals surface area contributed by atoms with Gasteiger partial charge in [-0.15, -0.1) is 0 Å². The highest BCUT2D eigenvalue weighted by atomic mass is 16.5. The predicted molar refractivity (Wildman–Crippen MR) is 148 cm³/mol. The number of anilines is 1. The van der Waals surface area contributed by atoms with E-state index >= 15 is 0 Å². The molecule has 0 unspecified atom stereocenters. The van der Waals surface area contributed by atoms with Crippen molar-refractivity contribution < 1.29 is 4.74 Å². The van der Waals surface area contributed by atoms with Crippen molar-refractivity contribution in [2.45, 2.75) is 31.3 Å². The van der Waals surface area contributed by atoms with E-state index in [0.29, 0.717) is 17.8 Å². The summed E-state index contributed by atoms with van der Waals surface area (Å²) in [5, 5.41) is 9.70. The van der Waals surface area contributed by atoms with Gasteiger partial charge in [0.05, 0.1) is 12.6 Å². The van der Waals surface area contributed by atoms with Crippen molar-refractivity contribution in [1.82, 2.24) is 0 Å². The van der Waals surface area contributed by atoms with Gasteiger partial charge in [0.15, 0.2) is 5.60 Å². The first-order chi connectivity index (χ1) is 18.2. The molecule has 2 heterocycles. The van der Waals surface area contributed by atoms with E-state index in [-0.39, 0.29) is 5.70 Å². The molecule has 3 aromatic carbocycles. The maximum atomic E-state index is 9.70. The fourth-order valence-corrected chi connectivity index (χ4v) is 5.19. The lowest BCUT2D eigenvalue weighted by Gasteiger charge is -2.39. The fourth-order valence-electron chi connectivity index (χ4n) is 5.19. The third-order valence-corrected chi connectivity index (χ3v) is 7.10. The van der Waals surface area contributed by atoms with Gasteiger partial charge in [-0.05, 0) is 54.7 Å². The van der Waals surface area contributed by atoms with Gasteiger partial charge in [-0.3, -0.25) is 0 Å². The van der Waals surface area contributed by atoms with Gasteiger partial charge in [-0.2, -0.15) is 0 Å². The number of hydrogen-bond donors (Lipinski definition) is 0. The van der Waals surface area contributed by atoms with Crippen molar-refractivity contribution in [3.63, 3.8) is 0 Å². The Bertz CT molecular complexity index is 1340. The highest BCUT2D eigenvalue weighted by Crippen LogP contribution is 2.45. The van der Waals surface area contributed by atoms with E-state index in [9.17, 15) is 5.26 Å². The SMILES string of the molecule is [C-]#[N+]/C(C#N)=C1C=C(/C=C/c2ccc(N3CCCCC3)cc2)OC(c2ccccc2)(c2ccccc2)C\1. The molecule has 0 N–H and O–H groups in total. The van der Waals surface area contributed by atoms with Crippen LogP contribution in [-0.4, -0.2) is 13.1 Å². The van der Waals surface area contributed by atoms with Gasteiger partial charge in [0.25, 0.3) is 5.70 Å². The number of benzene rings is 3. The summed E-state index contributed by atoms with van der Waals surface area (Å²) in [5.74, 6) is 0.616. The maximum absolute atomic E-state index is 9.70. The first kappa shape index (κ1) is 24.2. The Kier molecular flexibility index (Phi) is 7.20. The van der Waals surface area contributed by atoms with E-state index < -0.39 is 5.60 Å². The van der Waals surface area contributed by atoms with Crippen LogP contribution in [0.15, 0.2) is 114 Å². The summed E-state index contributed by atoms with van der Waals surface area (Å²) in [4.78, 5) is 5.98. The van der Waals surface area contributed by atoms with Crippen molar-refractivity contribution in [2.75, 3.05) is 18.0 Å². The molecule has 2 aliphatic rings. The van der Waals surface area contributed by atoms with Gasteiger partial charge in [0, 0.05) is 36.3 Å². The van der Waals surface area contributed by atoms with Gasteiger partial charge in [0.2, 0.25) is 0 Å². The lowest BCUT2D eigenvalue weighted by molar-refractivity contribution is 0.0348. The Morgan fingerprint density at radius 1 is 0.865 bits per heavy atom. The van der Waals surface area contributed by atoms with Crippen LogP contribution in [0.5, 0.6) is 0 Å². The predicted octanol–water partition coefficient (Wildman–Crippen LogP) is 7.64. The Morgan fingerprint density at radius 2 is 1.49 bits per heavy atom. The van der Waals surface area contributed by atoms with Crippen LogP contribution in [0.2, 0.25) is 0 Å². The minimum absolute atomic E-state index is 0.0938. The Balaban J connectivity index is 1.52. The zero-order chi connectivity index (χ0) is 25.5. The molecule has 182 valence electrons. The van der Waals surface area contributed by atoms with Gasteiger partial charge >= 0.3 is 0 Å². The largest absolute Gasteiger partial charge is 0.478 e. The zero-order valence-electron chi connectivity index (χ0n) is 20.8. The molecule has 1 fully saturated rings.